The summed E-state index contributed by atoms with van der Waals surface area (Å²) in [6, 6.07) is 9.11. The highest BCUT2D eigenvalue weighted by Crippen LogP contribution is 2.40. The van der Waals surface area contributed by atoms with Crippen molar-refractivity contribution in [1.29, 1.82) is 0 Å². The summed E-state index contributed by atoms with van der Waals surface area (Å²) in [6.07, 6.45) is 5.00. The number of carbonyl (C=O) groups is 2. The second kappa shape index (κ2) is 14.7. The van der Waals surface area contributed by atoms with Crippen LogP contribution in [0.25, 0.3) is 0 Å². The van der Waals surface area contributed by atoms with Crippen molar-refractivity contribution in [2.75, 3.05) is 43.9 Å². The first kappa shape index (κ1) is 31.6. The molecule has 1 atom stereocenters. The van der Waals surface area contributed by atoms with E-state index in [-0.39, 0.29) is 40.7 Å². The van der Waals surface area contributed by atoms with Crippen LogP contribution in [0.15, 0.2) is 36.4 Å². The summed E-state index contributed by atoms with van der Waals surface area (Å²) in [5, 5.41) is 9.45. The van der Waals surface area contributed by atoms with Crippen LogP contribution in [-0.2, 0) is 19.0 Å². The molecule has 3 rings (SSSR count). The molecule has 2 amide bonds. The van der Waals surface area contributed by atoms with Crippen LogP contribution in [0, 0.1) is 11.7 Å². The molecular weight excluding hydrogens is 537 g/mol. The Morgan fingerprint density at radius 1 is 1.02 bits per heavy atom. The van der Waals surface area contributed by atoms with Crippen LogP contribution in [0.2, 0.25) is 5.02 Å². The van der Waals surface area contributed by atoms with Gasteiger partial charge in [0, 0.05) is 30.7 Å². The fraction of sp³-hybridized carbons (Fsp3) is 0.533. The van der Waals surface area contributed by atoms with E-state index in [0.29, 0.717) is 18.2 Å². The second-order valence-corrected chi connectivity index (χ2v) is 11.3. The van der Waals surface area contributed by atoms with Gasteiger partial charge < -0.3 is 30.2 Å². The maximum atomic E-state index is 14.4. The number of hydrogen-bond acceptors (Lipinski definition) is 6. The number of benzene rings is 2. The van der Waals surface area contributed by atoms with Crippen LogP contribution >= 0.6 is 11.6 Å². The Morgan fingerprint density at radius 3 is 2.30 bits per heavy atom. The largest absolute Gasteiger partial charge is 0.469 e. The molecule has 3 N–H and O–H groups in total. The maximum Gasteiger partial charge on any atom is 0.323 e. The van der Waals surface area contributed by atoms with Gasteiger partial charge in [-0.15, -0.1) is 0 Å². The van der Waals surface area contributed by atoms with E-state index >= 15 is 0 Å². The average Bonchev–Trinajstić information content (AvgIpc) is 2.91. The summed E-state index contributed by atoms with van der Waals surface area (Å²) < 4.78 is 30.2. The molecule has 0 bridgehead atoms. The molecule has 1 unspecified atom stereocenters. The Labute approximate surface area is 241 Å². The van der Waals surface area contributed by atoms with Crippen molar-refractivity contribution in [2.45, 2.75) is 69.9 Å². The lowest BCUT2D eigenvalue weighted by Gasteiger charge is -2.43. The van der Waals surface area contributed by atoms with Gasteiger partial charge >= 0.3 is 12.0 Å². The highest BCUT2D eigenvalue weighted by Gasteiger charge is 2.36. The molecule has 40 heavy (non-hydrogen) atoms. The summed E-state index contributed by atoms with van der Waals surface area (Å²) >= 11 is 5.86. The van der Waals surface area contributed by atoms with Crippen LogP contribution in [-0.4, -0.2) is 51.6 Å². The molecule has 8 nitrogen and oxygen atoms in total. The summed E-state index contributed by atoms with van der Waals surface area (Å²) in [6.45, 7) is 4.69. The van der Waals surface area contributed by atoms with Crippen molar-refractivity contribution >= 4 is 40.7 Å². The van der Waals surface area contributed by atoms with Gasteiger partial charge in [0.2, 0.25) is 0 Å². The third kappa shape index (κ3) is 8.81. The number of hydrogen-bond donors (Lipinski definition) is 3. The number of methoxy groups -OCH3 is 3. The summed E-state index contributed by atoms with van der Waals surface area (Å²) in [5.74, 6) is -0.838. The minimum absolute atomic E-state index is 0.00433. The van der Waals surface area contributed by atoms with Crippen LogP contribution < -0.4 is 16.0 Å². The molecule has 1 fully saturated rings. The number of halogens is 2. The third-order valence-electron chi connectivity index (χ3n) is 7.37. The first-order chi connectivity index (χ1) is 19.1. The van der Waals surface area contributed by atoms with E-state index in [1.54, 1.807) is 14.2 Å². The molecule has 0 saturated heterocycles. The average molecular weight is 578 g/mol. The number of amides is 2. The smallest absolute Gasteiger partial charge is 0.323 e. The van der Waals surface area contributed by atoms with Crippen molar-refractivity contribution in [3.05, 3.63) is 52.8 Å². The monoisotopic (exact) mass is 577 g/mol. The number of esters is 1. The standard InChI is InChI=1S/C30H41ClFN3O5/c1-19(2)17-30(12-10-23(39-4)11-13-30)35-26-8-6-20(21(18-38-3)15-28(36)40-5)14-27(26)34-29(37)33-25-9-7-22(31)16-24(25)32/h6-9,14,16,19,21,23,35H,10-13,15,17-18H2,1-5H3,(H2,33,34,37)/t21?,23-,30-. The summed E-state index contributed by atoms with van der Waals surface area (Å²) in [5.41, 5.74) is 1.86. The van der Waals surface area contributed by atoms with E-state index in [1.165, 1.54) is 19.2 Å². The first-order valence-corrected chi connectivity index (χ1v) is 14.0. The van der Waals surface area contributed by atoms with E-state index in [4.69, 9.17) is 25.8 Å². The van der Waals surface area contributed by atoms with E-state index in [9.17, 15) is 14.0 Å². The lowest BCUT2D eigenvalue weighted by Crippen LogP contribution is -2.44. The molecule has 10 heteroatoms. The van der Waals surface area contributed by atoms with E-state index in [1.807, 2.05) is 18.2 Å². The van der Waals surface area contributed by atoms with Gasteiger partial charge in [0.25, 0.3) is 0 Å². The molecule has 0 spiro atoms. The van der Waals surface area contributed by atoms with Crippen LogP contribution in [0.4, 0.5) is 26.2 Å². The van der Waals surface area contributed by atoms with E-state index in [0.717, 1.165) is 49.4 Å². The summed E-state index contributed by atoms with van der Waals surface area (Å²) in [4.78, 5) is 25.2. The topological polar surface area (TPSA) is 97.9 Å². The number of urea groups is 1. The number of ether oxygens (including phenoxy) is 3. The highest BCUT2D eigenvalue weighted by atomic mass is 35.5. The van der Waals surface area contributed by atoms with Gasteiger partial charge in [-0.05, 0) is 73.9 Å². The zero-order valence-electron chi connectivity index (χ0n) is 23.9. The molecule has 1 aliphatic carbocycles. The van der Waals surface area contributed by atoms with Gasteiger partial charge in [-0.2, -0.15) is 0 Å². The van der Waals surface area contributed by atoms with Crippen molar-refractivity contribution < 1.29 is 28.2 Å². The highest BCUT2D eigenvalue weighted by molar-refractivity contribution is 6.30. The van der Waals surface area contributed by atoms with Crippen molar-refractivity contribution in [2.24, 2.45) is 5.92 Å². The van der Waals surface area contributed by atoms with Gasteiger partial charge in [0.15, 0.2) is 0 Å². The second-order valence-electron chi connectivity index (χ2n) is 10.9. The minimum atomic E-state index is -0.640. The molecule has 2 aromatic carbocycles. The number of anilines is 3. The lowest BCUT2D eigenvalue weighted by atomic mass is 9.75. The quantitative estimate of drug-likeness (QED) is 0.231. The normalized spacial score (nSPS) is 19.6. The van der Waals surface area contributed by atoms with Crippen LogP contribution in [0.1, 0.15) is 63.9 Å². The van der Waals surface area contributed by atoms with Crippen molar-refractivity contribution in [3.8, 4) is 0 Å². The van der Waals surface area contributed by atoms with Gasteiger partial charge in [-0.3, -0.25) is 4.79 Å². The Morgan fingerprint density at radius 2 is 1.70 bits per heavy atom. The van der Waals surface area contributed by atoms with Crippen molar-refractivity contribution in [3.63, 3.8) is 0 Å². The molecule has 0 heterocycles. The predicted molar refractivity (Wildman–Crippen MR) is 157 cm³/mol. The Bertz CT molecular complexity index is 1150. The molecular formula is C30H41ClFN3O5. The zero-order valence-corrected chi connectivity index (χ0v) is 24.7. The van der Waals surface area contributed by atoms with Gasteiger partial charge in [0.05, 0.1) is 43.3 Å². The molecule has 220 valence electrons. The maximum absolute atomic E-state index is 14.4. The van der Waals surface area contributed by atoms with Crippen molar-refractivity contribution in [1.82, 2.24) is 0 Å². The van der Waals surface area contributed by atoms with E-state index < -0.39 is 11.8 Å². The van der Waals surface area contributed by atoms with Crippen LogP contribution in [0.3, 0.4) is 0 Å². The molecule has 1 saturated carbocycles. The molecule has 1 aliphatic rings. The number of nitrogens with one attached hydrogen (secondary N) is 3. The molecule has 0 aromatic heterocycles. The molecule has 0 radical (unpaired) electrons. The Balaban J connectivity index is 1.95. The number of carbonyl (C=O) groups excluding carboxylic acids is 2. The third-order valence-corrected chi connectivity index (χ3v) is 7.61. The fourth-order valence-electron chi connectivity index (χ4n) is 5.48. The Hall–Kier alpha value is -2.88. The first-order valence-electron chi connectivity index (χ1n) is 13.6. The van der Waals surface area contributed by atoms with Crippen LogP contribution in [0.5, 0.6) is 0 Å². The van der Waals surface area contributed by atoms with Gasteiger partial charge in [-0.25, -0.2) is 9.18 Å². The lowest BCUT2D eigenvalue weighted by molar-refractivity contribution is -0.141. The van der Waals surface area contributed by atoms with E-state index in [2.05, 4.69) is 29.8 Å². The molecule has 0 aliphatic heterocycles. The summed E-state index contributed by atoms with van der Waals surface area (Å²) in [7, 11) is 4.67. The number of rotatable bonds is 12. The van der Waals surface area contributed by atoms with Gasteiger partial charge in [0.1, 0.15) is 5.82 Å². The SMILES string of the molecule is COCC(CC(=O)OC)c1ccc(N[C@]2(CC(C)C)CC[C@@H](OC)CC2)c(NC(=O)Nc2ccc(Cl)cc2F)c1. The fourth-order valence-corrected chi connectivity index (χ4v) is 5.64. The minimum Gasteiger partial charge on any atom is -0.469 e. The molecule has 2 aromatic rings. The Kier molecular flexibility index (Phi) is 11.6. The zero-order chi connectivity index (χ0) is 29.3. The predicted octanol–water partition coefficient (Wildman–Crippen LogP) is 7.20. The van der Waals surface area contributed by atoms with Gasteiger partial charge in [-0.1, -0.05) is 31.5 Å².